The highest BCUT2D eigenvalue weighted by molar-refractivity contribution is 5.77. The number of carbonyl (C=O) groups is 2. The molecular weight excluding hydrogens is 476 g/mol. The minimum Gasteiger partial charge on any atom is -0.497 e. The number of hydrogen-bond donors (Lipinski definition) is 2. The van der Waals surface area contributed by atoms with Gasteiger partial charge >= 0.3 is 12.1 Å². The van der Waals surface area contributed by atoms with E-state index in [0.29, 0.717) is 29.6 Å². The van der Waals surface area contributed by atoms with Crippen LogP contribution >= 0.6 is 0 Å². The summed E-state index contributed by atoms with van der Waals surface area (Å²) in [6.07, 6.45) is -0.486. The number of benzene rings is 2. The molecular formula is C27H34N4O6. The van der Waals surface area contributed by atoms with E-state index in [1.807, 2.05) is 69.3 Å². The van der Waals surface area contributed by atoms with Gasteiger partial charge in [-0.1, -0.05) is 0 Å². The van der Waals surface area contributed by atoms with Crippen molar-refractivity contribution < 1.29 is 28.2 Å². The molecule has 0 radical (unpaired) electrons. The molecule has 0 aliphatic carbocycles. The first kappa shape index (κ1) is 27.4. The summed E-state index contributed by atoms with van der Waals surface area (Å²) in [7, 11) is 4.94. The molecule has 198 valence electrons. The van der Waals surface area contributed by atoms with E-state index in [1.165, 1.54) is 4.90 Å². The lowest BCUT2D eigenvalue weighted by Crippen LogP contribution is -2.34. The largest absolute Gasteiger partial charge is 0.497 e. The van der Waals surface area contributed by atoms with E-state index < -0.39 is 11.7 Å². The lowest BCUT2D eigenvalue weighted by molar-refractivity contribution is 0.0520. The van der Waals surface area contributed by atoms with Gasteiger partial charge in [0, 0.05) is 25.2 Å². The highest BCUT2D eigenvalue weighted by Crippen LogP contribution is 2.34. The number of carbonyl (C=O) groups excluding carboxylic acids is 2. The van der Waals surface area contributed by atoms with Crippen LogP contribution in [0, 0.1) is 0 Å². The third-order valence-corrected chi connectivity index (χ3v) is 4.99. The van der Waals surface area contributed by atoms with Gasteiger partial charge in [0.2, 0.25) is 5.89 Å². The van der Waals surface area contributed by atoms with E-state index in [0.717, 1.165) is 16.9 Å². The number of aromatic nitrogens is 1. The van der Waals surface area contributed by atoms with Gasteiger partial charge in [-0.05, 0) is 69.3 Å². The highest BCUT2D eigenvalue weighted by atomic mass is 16.6. The van der Waals surface area contributed by atoms with Crippen LogP contribution in [0.25, 0.3) is 22.6 Å². The number of alkyl carbamates (subject to hydrolysis) is 1. The zero-order chi connectivity index (χ0) is 27.0. The van der Waals surface area contributed by atoms with Crippen molar-refractivity contribution in [3.05, 3.63) is 54.4 Å². The molecule has 0 bridgehead atoms. The molecule has 0 aliphatic rings. The maximum atomic E-state index is 11.9. The summed E-state index contributed by atoms with van der Waals surface area (Å²) in [5.74, 6) is 2.32. The van der Waals surface area contributed by atoms with Crippen molar-refractivity contribution in [3.8, 4) is 34.1 Å². The molecule has 3 aromatic rings. The SMILES string of the molecule is COc1ccc(-c2nc(CNC(=O)N(C)C)oc2-c2ccc(OCCNC(=O)OC(C)(C)C)cc2)cc1. The number of ether oxygens (including phenoxy) is 3. The van der Waals surface area contributed by atoms with Gasteiger partial charge in [0.1, 0.15) is 29.4 Å². The lowest BCUT2D eigenvalue weighted by Gasteiger charge is -2.19. The first-order valence-electron chi connectivity index (χ1n) is 11.8. The predicted octanol–water partition coefficient (Wildman–Crippen LogP) is 4.69. The Balaban J connectivity index is 1.72. The second kappa shape index (κ2) is 12.2. The maximum Gasteiger partial charge on any atom is 0.407 e. The Morgan fingerprint density at radius 3 is 2.16 bits per heavy atom. The van der Waals surface area contributed by atoms with Crippen molar-refractivity contribution >= 4 is 12.1 Å². The number of methoxy groups -OCH3 is 1. The minimum absolute atomic E-state index is 0.145. The van der Waals surface area contributed by atoms with Gasteiger partial charge in [-0.15, -0.1) is 0 Å². The topological polar surface area (TPSA) is 115 Å². The zero-order valence-corrected chi connectivity index (χ0v) is 22.1. The standard InChI is InChI=1S/C27H34N4O6/c1-27(2,3)37-26(33)28-15-16-35-21-13-9-19(10-14-21)24-23(18-7-11-20(34-6)12-8-18)30-22(36-24)17-29-25(32)31(4)5/h7-14H,15-17H2,1-6H3,(H,28,33)(H,29,32). The van der Waals surface area contributed by atoms with Crippen molar-refractivity contribution in [1.82, 2.24) is 20.5 Å². The Labute approximate surface area is 216 Å². The molecule has 0 unspecified atom stereocenters. The van der Waals surface area contributed by atoms with Gasteiger partial charge in [-0.2, -0.15) is 0 Å². The van der Waals surface area contributed by atoms with Crippen LogP contribution in [0.15, 0.2) is 52.9 Å². The average molecular weight is 511 g/mol. The van der Waals surface area contributed by atoms with Gasteiger partial charge in [0.15, 0.2) is 5.76 Å². The minimum atomic E-state index is -0.552. The van der Waals surface area contributed by atoms with Crippen LogP contribution in [0.5, 0.6) is 11.5 Å². The summed E-state index contributed by atoms with van der Waals surface area (Å²) >= 11 is 0. The molecule has 0 atom stereocenters. The number of oxazole rings is 1. The smallest absolute Gasteiger partial charge is 0.407 e. The molecule has 0 aliphatic heterocycles. The Morgan fingerprint density at radius 1 is 0.946 bits per heavy atom. The van der Waals surface area contributed by atoms with Gasteiger partial charge in [0.25, 0.3) is 0 Å². The molecule has 10 heteroatoms. The van der Waals surface area contributed by atoms with E-state index in [2.05, 4.69) is 15.6 Å². The summed E-state index contributed by atoms with van der Waals surface area (Å²) in [6, 6.07) is 14.6. The fourth-order valence-corrected chi connectivity index (χ4v) is 3.23. The number of amides is 3. The fourth-order valence-electron chi connectivity index (χ4n) is 3.23. The summed E-state index contributed by atoms with van der Waals surface area (Å²) < 4.78 is 22.3. The monoisotopic (exact) mass is 510 g/mol. The maximum absolute atomic E-state index is 11.9. The van der Waals surface area contributed by atoms with Crippen LogP contribution in [-0.4, -0.2) is 62.0 Å². The Morgan fingerprint density at radius 2 is 1.57 bits per heavy atom. The highest BCUT2D eigenvalue weighted by Gasteiger charge is 2.18. The van der Waals surface area contributed by atoms with Crippen molar-refractivity contribution in [2.24, 2.45) is 0 Å². The number of nitrogens with one attached hydrogen (secondary N) is 2. The molecule has 1 aromatic heterocycles. The molecule has 37 heavy (non-hydrogen) atoms. The Hall–Kier alpha value is -4.21. The predicted molar refractivity (Wildman–Crippen MR) is 140 cm³/mol. The molecule has 2 aromatic carbocycles. The van der Waals surface area contributed by atoms with E-state index in [4.69, 9.17) is 18.6 Å². The normalized spacial score (nSPS) is 11.0. The van der Waals surface area contributed by atoms with Crippen LogP contribution in [-0.2, 0) is 11.3 Å². The van der Waals surface area contributed by atoms with E-state index >= 15 is 0 Å². The molecule has 1 heterocycles. The summed E-state index contributed by atoms with van der Waals surface area (Å²) in [6.45, 7) is 6.16. The molecule has 0 spiro atoms. The van der Waals surface area contributed by atoms with Crippen molar-refractivity contribution in [2.45, 2.75) is 32.9 Å². The number of hydrogen-bond acceptors (Lipinski definition) is 7. The number of rotatable bonds is 9. The Bertz CT molecular complexity index is 1180. The third kappa shape index (κ3) is 8.16. The van der Waals surface area contributed by atoms with Crippen molar-refractivity contribution in [3.63, 3.8) is 0 Å². The summed E-state index contributed by atoms with van der Waals surface area (Å²) in [4.78, 5) is 29.8. The van der Waals surface area contributed by atoms with Gasteiger partial charge in [0.05, 0.1) is 20.2 Å². The van der Waals surface area contributed by atoms with Crippen LogP contribution in [0.3, 0.4) is 0 Å². The summed E-state index contributed by atoms with van der Waals surface area (Å²) in [5, 5.41) is 5.43. The van der Waals surface area contributed by atoms with Crippen LogP contribution in [0.1, 0.15) is 26.7 Å². The molecule has 3 amide bonds. The molecule has 0 saturated carbocycles. The first-order chi connectivity index (χ1) is 17.6. The van der Waals surface area contributed by atoms with E-state index in [-0.39, 0.29) is 19.2 Å². The molecule has 10 nitrogen and oxygen atoms in total. The summed E-state index contributed by atoms with van der Waals surface area (Å²) in [5.41, 5.74) is 1.73. The van der Waals surface area contributed by atoms with E-state index in [1.54, 1.807) is 21.2 Å². The average Bonchev–Trinajstić information content (AvgIpc) is 3.28. The van der Waals surface area contributed by atoms with Gasteiger partial charge in [-0.3, -0.25) is 0 Å². The van der Waals surface area contributed by atoms with Crippen LogP contribution < -0.4 is 20.1 Å². The second-order valence-electron chi connectivity index (χ2n) is 9.37. The fraction of sp³-hybridized carbons (Fsp3) is 0.370. The Kier molecular flexibility index (Phi) is 9.00. The molecule has 2 N–H and O–H groups in total. The quantitative estimate of drug-likeness (QED) is 0.401. The molecule has 0 fully saturated rings. The van der Waals surface area contributed by atoms with Crippen LogP contribution in [0.4, 0.5) is 9.59 Å². The van der Waals surface area contributed by atoms with Crippen molar-refractivity contribution in [2.75, 3.05) is 34.4 Å². The van der Waals surface area contributed by atoms with Gasteiger partial charge < -0.3 is 34.2 Å². The number of urea groups is 1. The third-order valence-electron chi connectivity index (χ3n) is 4.99. The van der Waals surface area contributed by atoms with Gasteiger partial charge in [-0.25, -0.2) is 14.6 Å². The lowest BCUT2D eigenvalue weighted by atomic mass is 10.1. The molecule has 3 rings (SSSR count). The number of nitrogens with zero attached hydrogens (tertiary/aromatic N) is 2. The first-order valence-corrected chi connectivity index (χ1v) is 11.8. The van der Waals surface area contributed by atoms with Crippen LogP contribution in [0.2, 0.25) is 0 Å². The van der Waals surface area contributed by atoms with E-state index in [9.17, 15) is 9.59 Å². The zero-order valence-electron chi connectivity index (χ0n) is 22.1. The van der Waals surface area contributed by atoms with Crippen molar-refractivity contribution in [1.29, 1.82) is 0 Å². The molecule has 0 saturated heterocycles. The second-order valence-corrected chi connectivity index (χ2v) is 9.37.